The van der Waals surface area contributed by atoms with E-state index in [2.05, 4.69) is 5.32 Å². The molecular weight excluding hydrogens is 312 g/mol. The molecule has 21 heavy (non-hydrogen) atoms. The highest BCUT2D eigenvalue weighted by Crippen LogP contribution is 2.22. The first-order valence-corrected chi connectivity index (χ1v) is 8.94. The van der Waals surface area contributed by atoms with Gasteiger partial charge in [-0.15, -0.1) is 0 Å². The quantitative estimate of drug-likeness (QED) is 0.912. The molecule has 0 bridgehead atoms. The van der Waals surface area contributed by atoms with Crippen molar-refractivity contribution in [1.82, 2.24) is 4.90 Å². The van der Waals surface area contributed by atoms with Gasteiger partial charge in [0.1, 0.15) is 0 Å². The summed E-state index contributed by atoms with van der Waals surface area (Å²) in [5.74, 6) is 0.0706. The van der Waals surface area contributed by atoms with Gasteiger partial charge in [-0.3, -0.25) is 4.79 Å². The highest BCUT2D eigenvalue weighted by molar-refractivity contribution is 7.91. The van der Waals surface area contributed by atoms with E-state index in [0.29, 0.717) is 17.1 Å². The van der Waals surface area contributed by atoms with Crippen LogP contribution in [0.3, 0.4) is 0 Å². The number of likely N-dealkylation sites (N-methyl/N-ethyl adjacent to an activating group) is 1. The van der Waals surface area contributed by atoms with Crippen molar-refractivity contribution in [3.05, 3.63) is 28.8 Å². The van der Waals surface area contributed by atoms with Crippen molar-refractivity contribution in [1.29, 1.82) is 0 Å². The van der Waals surface area contributed by atoms with Gasteiger partial charge in [0, 0.05) is 13.1 Å². The van der Waals surface area contributed by atoms with Gasteiger partial charge < -0.3 is 10.2 Å². The number of carbonyl (C=O) groups excluding carboxylic acids is 1. The first-order chi connectivity index (χ1) is 9.78. The fraction of sp³-hybridized carbons (Fsp3) is 0.500. The molecule has 1 aromatic carbocycles. The number of amides is 1. The van der Waals surface area contributed by atoms with Crippen LogP contribution in [0.2, 0.25) is 5.02 Å². The van der Waals surface area contributed by atoms with E-state index in [4.69, 9.17) is 11.6 Å². The zero-order valence-electron chi connectivity index (χ0n) is 12.1. The molecule has 0 aromatic heterocycles. The van der Waals surface area contributed by atoms with Gasteiger partial charge in [0.15, 0.2) is 9.84 Å². The predicted octanol–water partition coefficient (Wildman–Crippen LogP) is 1.71. The fourth-order valence-electron chi connectivity index (χ4n) is 2.34. The summed E-state index contributed by atoms with van der Waals surface area (Å²) in [4.78, 5) is 13.6. The van der Waals surface area contributed by atoms with Crippen LogP contribution in [0, 0.1) is 6.92 Å². The lowest BCUT2D eigenvalue weighted by Crippen LogP contribution is -2.40. The molecule has 1 atom stereocenters. The lowest BCUT2D eigenvalue weighted by Gasteiger charge is -2.23. The van der Waals surface area contributed by atoms with Crippen molar-refractivity contribution in [2.24, 2.45) is 0 Å². The SMILES string of the molecule is Cc1ccc(NCC(=O)N(C)C2CCS(=O)(=O)C2)c(Cl)c1. The summed E-state index contributed by atoms with van der Waals surface area (Å²) in [6.07, 6.45) is 0.510. The van der Waals surface area contributed by atoms with Crippen LogP contribution in [-0.4, -0.2) is 50.4 Å². The number of benzene rings is 1. The van der Waals surface area contributed by atoms with Crippen molar-refractivity contribution < 1.29 is 13.2 Å². The Hall–Kier alpha value is -1.27. The molecule has 1 amide bonds. The van der Waals surface area contributed by atoms with Gasteiger partial charge in [0.05, 0.1) is 28.8 Å². The minimum absolute atomic E-state index is 0.0561. The average molecular weight is 331 g/mol. The highest BCUT2D eigenvalue weighted by atomic mass is 35.5. The summed E-state index contributed by atoms with van der Waals surface area (Å²) >= 11 is 6.09. The number of sulfone groups is 1. The monoisotopic (exact) mass is 330 g/mol. The second-order valence-corrected chi connectivity index (χ2v) is 8.03. The number of hydrogen-bond donors (Lipinski definition) is 1. The number of aryl methyl sites for hydroxylation is 1. The molecule has 116 valence electrons. The number of carbonyl (C=O) groups is 1. The fourth-order valence-corrected chi connectivity index (χ4v) is 4.42. The maximum Gasteiger partial charge on any atom is 0.241 e. The Bertz CT molecular complexity index is 646. The maximum atomic E-state index is 12.1. The number of hydrogen-bond acceptors (Lipinski definition) is 4. The molecule has 1 heterocycles. The molecule has 2 rings (SSSR count). The number of halogens is 1. The molecule has 1 aliphatic heterocycles. The molecule has 0 aliphatic carbocycles. The van der Waals surface area contributed by atoms with Crippen molar-refractivity contribution >= 4 is 33.0 Å². The lowest BCUT2D eigenvalue weighted by atomic mass is 10.2. The Balaban J connectivity index is 1.92. The zero-order chi connectivity index (χ0) is 15.6. The molecule has 1 saturated heterocycles. The summed E-state index contributed by atoms with van der Waals surface area (Å²) in [5.41, 5.74) is 1.74. The topological polar surface area (TPSA) is 66.5 Å². The van der Waals surface area contributed by atoms with Crippen molar-refractivity contribution in [3.63, 3.8) is 0 Å². The number of rotatable bonds is 4. The Morgan fingerprint density at radius 3 is 2.76 bits per heavy atom. The van der Waals surface area contributed by atoms with E-state index in [1.54, 1.807) is 7.05 Å². The number of nitrogens with one attached hydrogen (secondary N) is 1. The summed E-state index contributed by atoms with van der Waals surface area (Å²) in [6, 6.07) is 5.33. The van der Waals surface area contributed by atoms with Crippen LogP contribution >= 0.6 is 11.6 Å². The normalized spacial score (nSPS) is 20.2. The summed E-state index contributed by atoms with van der Waals surface area (Å²) in [7, 11) is -1.34. The maximum absolute atomic E-state index is 12.1. The lowest BCUT2D eigenvalue weighted by molar-refractivity contribution is -0.129. The van der Waals surface area contributed by atoms with Gasteiger partial charge in [-0.2, -0.15) is 0 Å². The first kappa shape index (κ1) is 16.1. The van der Waals surface area contributed by atoms with E-state index in [1.165, 1.54) is 4.90 Å². The van der Waals surface area contributed by atoms with Gasteiger partial charge in [-0.05, 0) is 31.0 Å². The Morgan fingerprint density at radius 1 is 1.48 bits per heavy atom. The zero-order valence-corrected chi connectivity index (χ0v) is 13.7. The molecule has 1 aromatic rings. The van der Waals surface area contributed by atoms with Gasteiger partial charge in [-0.25, -0.2) is 8.42 Å². The van der Waals surface area contributed by atoms with E-state index in [-0.39, 0.29) is 30.0 Å². The molecule has 1 N–H and O–H groups in total. The smallest absolute Gasteiger partial charge is 0.241 e. The van der Waals surface area contributed by atoms with Crippen LogP contribution in [-0.2, 0) is 14.6 Å². The van der Waals surface area contributed by atoms with Crippen LogP contribution < -0.4 is 5.32 Å². The number of nitrogens with zero attached hydrogens (tertiary/aromatic N) is 1. The summed E-state index contributed by atoms with van der Waals surface area (Å²) in [6.45, 7) is 2.03. The van der Waals surface area contributed by atoms with Crippen molar-refractivity contribution in [2.45, 2.75) is 19.4 Å². The number of anilines is 1. The van der Waals surface area contributed by atoms with E-state index < -0.39 is 9.84 Å². The summed E-state index contributed by atoms with van der Waals surface area (Å²) in [5, 5.41) is 3.56. The molecule has 7 heteroatoms. The second-order valence-electron chi connectivity index (χ2n) is 5.40. The Labute approximate surface area is 130 Å². The third kappa shape index (κ3) is 4.11. The van der Waals surface area contributed by atoms with E-state index in [0.717, 1.165) is 5.56 Å². The minimum Gasteiger partial charge on any atom is -0.375 e. The van der Waals surface area contributed by atoms with Gasteiger partial charge in [0.2, 0.25) is 5.91 Å². The third-order valence-electron chi connectivity index (χ3n) is 3.70. The molecule has 1 fully saturated rings. The first-order valence-electron chi connectivity index (χ1n) is 6.74. The average Bonchev–Trinajstić information content (AvgIpc) is 2.77. The summed E-state index contributed by atoms with van der Waals surface area (Å²) < 4.78 is 22.9. The Kier molecular flexibility index (Phi) is 4.78. The Morgan fingerprint density at radius 2 is 2.19 bits per heavy atom. The van der Waals surface area contributed by atoms with Gasteiger partial charge >= 0.3 is 0 Å². The minimum atomic E-state index is -2.99. The third-order valence-corrected chi connectivity index (χ3v) is 5.77. The van der Waals surface area contributed by atoms with Crippen LogP contribution in [0.4, 0.5) is 5.69 Å². The molecule has 0 saturated carbocycles. The molecular formula is C14H19ClN2O3S. The standard InChI is InChI=1S/C14H19ClN2O3S/c1-10-3-4-13(12(15)7-10)16-8-14(18)17(2)11-5-6-21(19,20)9-11/h3-4,7,11,16H,5-6,8-9H2,1-2H3. The molecule has 1 unspecified atom stereocenters. The molecule has 0 spiro atoms. The van der Waals surface area contributed by atoms with Crippen LogP contribution in [0.25, 0.3) is 0 Å². The molecule has 1 aliphatic rings. The highest BCUT2D eigenvalue weighted by Gasteiger charge is 2.32. The van der Waals surface area contributed by atoms with Gasteiger partial charge in [0.25, 0.3) is 0 Å². The van der Waals surface area contributed by atoms with Gasteiger partial charge in [-0.1, -0.05) is 17.7 Å². The second kappa shape index (κ2) is 6.23. The predicted molar refractivity (Wildman–Crippen MR) is 84.5 cm³/mol. The molecule has 0 radical (unpaired) electrons. The van der Waals surface area contributed by atoms with E-state index in [1.807, 2.05) is 25.1 Å². The van der Waals surface area contributed by atoms with Crippen LogP contribution in [0.1, 0.15) is 12.0 Å². The van der Waals surface area contributed by atoms with Crippen LogP contribution in [0.5, 0.6) is 0 Å². The van der Waals surface area contributed by atoms with Crippen LogP contribution in [0.15, 0.2) is 18.2 Å². The van der Waals surface area contributed by atoms with E-state index in [9.17, 15) is 13.2 Å². The van der Waals surface area contributed by atoms with Crippen molar-refractivity contribution in [3.8, 4) is 0 Å². The largest absolute Gasteiger partial charge is 0.375 e. The van der Waals surface area contributed by atoms with E-state index >= 15 is 0 Å². The van der Waals surface area contributed by atoms with Crippen molar-refractivity contribution in [2.75, 3.05) is 30.4 Å². The molecule has 5 nitrogen and oxygen atoms in total.